The second kappa shape index (κ2) is 8.67. The summed E-state index contributed by atoms with van der Waals surface area (Å²) in [4.78, 5) is 12.8. The van der Waals surface area contributed by atoms with Gasteiger partial charge in [-0.15, -0.1) is 0 Å². The SMILES string of the molecule is CCN(CC(=O)O)Cc1cc(C)c(OCc2ccccc2C)c(C)c1. The standard InChI is InChI=1S/C21H27NO3/c1-5-22(13-20(23)24)12-18-10-16(3)21(17(4)11-18)25-14-19-9-7-6-8-15(19)2/h6-11H,5,12-14H2,1-4H3,(H,23,24). The predicted molar refractivity (Wildman–Crippen MR) is 100 cm³/mol. The fourth-order valence-electron chi connectivity index (χ4n) is 3.01. The molecule has 25 heavy (non-hydrogen) atoms. The molecule has 4 heteroatoms. The van der Waals surface area contributed by atoms with Crippen LogP contribution >= 0.6 is 0 Å². The zero-order valence-corrected chi connectivity index (χ0v) is 15.5. The van der Waals surface area contributed by atoms with Crippen LogP contribution in [0.4, 0.5) is 0 Å². The van der Waals surface area contributed by atoms with Gasteiger partial charge < -0.3 is 9.84 Å². The first kappa shape index (κ1) is 19.0. The Morgan fingerprint density at radius 2 is 1.72 bits per heavy atom. The quantitative estimate of drug-likeness (QED) is 0.785. The van der Waals surface area contributed by atoms with E-state index in [0.717, 1.165) is 22.4 Å². The average Bonchev–Trinajstić information content (AvgIpc) is 2.54. The lowest BCUT2D eigenvalue weighted by molar-refractivity contribution is -0.138. The summed E-state index contributed by atoms with van der Waals surface area (Å²) < 4.78 is 6.08. The van der Waals surface area contributed by atoms with Crippen LogP contribution in [0.3, 0.4) is 0 Å². The van der Waals surface area contributed by atoms with Crippen LogP contribution < -0.4 is 4.74 Å². The number of ether oxygens (including phenoxy) is 1. The Kier molecular flexibility index (Phi) is 6.59. The minimum absolute atomic E-state index is 0.0557. The molecule has 0 heterocycles. The maximum absolute atomic E-state index is 10.9. The summed E-state index contributed by atoms with van der Waals surface area (Å²) in [6.45, 7) is 10.1. The molecule has 0 atom stereocenters. The highest BCUT2D eigenvalue weighted by Gasteiger charge is 2.12. The van der Waals surface area contributed by atoms with E-state index in [2.05, 4.69) is 31.2 Å². The molecule has 4 nitrogen and oxygen atoms in total. The molecule has 0 aliphatic heterocycles. The number of hydrogen-bond acceptors (Lipinski definition) is 3. The molecule has 0 bridgehead atoms. The first-order valence-electron chi connectivity index (χ1n) is 8.62. The van der Waals surface area contributed by atoms with Crippen LogP contribution in [0.5, 0.6) is 5.75 Å². The van der Waals surface area contributed by atoms with Crippen LogP contribution in [0.1, 0.15) is 34.7 Å². The van der Waals surface area contributed by atoms with Crippen LogP contribution in [0, 0.1) is 20.8 Å². The molecule has 2 rings (SSSR count). The number of nitrogens with zero attached hydrogens (tertiary/aromatic N) is 1. The summed E-state index contributed by atoms with van der Waals surface area (Å²) in [6, 6.07) is 12.4. The van der Waals surface area contributed by atoms with Gasteiger partial charge in [-0.05, 0) is 55.1 Å². The zero-order valence-electron chi connectivity index (χ0n) is 15.5. The van der Waals surface area contributed by atoms with Crippen LogP contribution in [0.25, 0.3) is 0 Å². The number of rotatable bonds is 8. The van der Waals surface area contributed by atoms with Gasteiger partial charge in [0.15, 0.2) is 0 Å². The highest BCUT2D eigenvalue weighted by atomic mass is 16.5. The van der Waals surface area contributed by atoms with E-state index in [1.807, 2.05) is 37.8 Å². The average molecular weight is 341 g/mol. The monoisotopic (exact) mass is 341 g/mol. The Labute approximate surface area is 150 Å². The molecule has 0 aromatic heterocycles. The molecule has 2 aromatic carbocycles. The van der Waals surface area contributed by atoms with Crippen molar-refractivity contribution in [3.63, 3.8) is 0 Å². The van der Waals surface area contributed by atoms with E-state index in [4.69, 9.17) is 9.84 Å². The molecule has 0 aliphatic carbocycles. The number of carbonyl (C=O) groups is 1. The van der Waals surface area contributed by atoms with Gasteiger partial charge in [0.2, 0.25) is 0 Å². The van der Waals surface area contributed by atoms with Gasteiger partial charge in [-0.3, -0.25) is 9.69 Å². The second-order valence-electron chi connectivity index (χ2n) is 6.47. The van der Waals surface area contributed by atoms with Gasteiger partial charge >= 0.3 is 5.97 Å². The van der Waals surface area contributed by atoms with E-state index in [9.17, 15) is 4.79 Å². The van der Waals surface area contributed by atoms with Crippen molar-refractivity contribution < 1.29 is 14.6 Å². The topological polar surface area (TPSA) is 49.8 Å². The van der Waals surface area contributed by atoms with Crippen LogP contribution in [0.2, 0.25) is 0 Å². The molecule has 0 amide bonds. The number of likely N-dealkylation sites (N-methyl/N-ethyl adjacent to an activating group) is 1. The van der Waals surface area contributed by atoms with Gasteiger partial charge in [0.1, 0.15) is 12.4 Å². The summed E-state index contributed by atoms with van der Waals surface area (Å²) in [5.74, 6) is 0.113. The molecule has 0 aliphatic rings. The van der Waals surface area contributed by atoms with Crippen LogP contribution in [-0.2, 0) is 17.9 Å². The Balaban J connectivity index is 2.11. The van der Waals surface area contributed by atoms with E-state index >= 15 is 0 Å². The molecule has 0 saturated carbocycles. The first-order valence-corrected chi connectivity index (χ1v) is 8.62. The summed E-state index contributed by atoms with van der Waals surface area (Å²) in [5.41, 5.74) is 5.68. The molecular formula is C21H27NO3. The predicted octanol–water partition coefficient (Wildman–Crippen LogP) is 4.10. The van der Waals surface area contributed by atoms with Crippen molar-refractivity contribution in [2.45, 2.75) is 40.8 Å². The first-order chi connectivity index (χ1) is 11.9. The molecular weight excluding hydrogens is 314 g/mol. The summed E-state index contributed by atoms with van der Waals surface area (Å²) >= 11 is 0. The van der Waals surface area contributed by atoms with Crippen molar-refractivity contribution >= 4 is 5.97 Å². The van der Waals surface area contributed by atoms with Crippen molar-refractivity contribution in [3.8, 4) is 5.75 Å². The molecule has 0 spiro atoms. The summed E-state index contributed by atoms with van der Waals surface area (Å²) in [5, 5.41) is 8.99. The molecule has 1 N–H and O–H groups in total. The smallest absolute Gasteiger partial charge is 0.317 e. The fraction of sp³-hybridized carbons (Fsp3) is 0.381. The van der Waals surface area contributed by atoms with Crippen molar-refractivity contribution in [2.24, 2.45) is 0 Å². The highest BCUT2D eigenvalue weighted by molar-refractivity contribution is 5.69. The van der Waals surface area contributed by atoms with Gasteiger partial charge in [-0.25, -0.2) is 0 Å². The summed E-state index contributed by atoms with van der Waals surface area (Å²) in [7, 11) is 0. The third-order valence-electron chi connectivity index (χ3n) is 4.37. The van der Waals surface area contributed by atoms with Crippen molar-refractivity contribution in [1.82, 2.24) is 4.90 Å². The normalized spacial score (nSPS) is 10.9. The van der Waals surface area contributed by atoms with Crippen molar-refractivity contribution in [2.75, 3.05) is 13.1 Å². The number of hydrogen-bond donors (Lipinski definition) is 1. The van der Waals surface area contributed by atoms with Gasteiger partial charge in [0.25, 0.3) is 0 Å². The van der Waals surface area contributed by atoms with Gasteiger partial charge in [-0.1, -0.05) is 43.3 Å². The number of carboxylic acids is 1. The minimum Gasteiger partial charge on any atom is -0.488 e. The lowest BCUT2D eigenvalue weighted by Gasteiger charge is -2.20. The Morgan fingerprint density at radius 3 is 2.28 bits per heavy atom. The third-order valence-corrected chi connectivity index (χ3v) is 4.37. The van der Waals surface area contributed by atoms with E-state index < -0.39 is 5.97 Å². The van der Waals surface area contributed by atoms with E-state index in [1.54, 1.807) is 0 Å². The summed E-state index contributed by atoms with van der Waals surface area (Å²) in [6.07, 6.45) is 0. The third kappa shape index (κ3) is 5.33. The molecule has 2 aromatic rings. The Hall–Kier alpha value is -2.33. The molecule has 134 valence electrons. The van der Waals surface area contributed by atoms with Crippen LogP contribution in [0.15, 0.2) is 36.4 Å². The van der Waals surface area contributed by atoms with Gasteiger partial charge in [0, 0.05) is 6.54 Å². The number of aryl methyl sites for hydroxylation is 3. The minimum atomic E-state index is -0.798. The number of carboxylic acid groups (broad SMARTS) is 1. The molecule has 0 radical (unpaired) electrons. The fourth-order valence-corrected chi connectivity index (χ4v) is 3.01. The van der Waals surface area contributed by atoms with Gasteiger partial charge in [-0.2, -0.15) is 0 Å². The molecule has 0 fully saturated rings. The van der Waals surface area contributed by atoms with E-state index in [1.165, 1.54) is 11.1 Å². The lowest BCUT2D eigenvalue weighted by atomic mass is 10.0. The van der Waals surface area contributed by atoms with Crippen molar-refractivity contribution in [1.29, 1.82) is 0 Å². The van der Waals surface area contributed by atoms with E-state index in [-0.39, 0.29) is 6.54 Å². The van der Waals surface area contributed by atoms with E-state index in [0.29, 0.717) is 19.7 Å². The van der Waals surface area contributed by atoms with Gasteiger partial charge in [0.05, 0.1) is 6.54 Å². The Morgan fingerprint density at radius 1 is 1.08 bits per heavy atom. The molecule has 0 unspecified atom stereocenters. The second-order valence-corrected chi connectivity index (χ2v) is 6.47. The maximum Gasteiger partial charge on any atom is 0.317 e. The highest BCUT2D eigenvalue weighted by Crippen LogP contribution is 2.26. The largest absolute Gasteiger partial charge is 0.488 e. The zero-order chi connectivity index (χ0) is 18.4. The maximum atomic E-state index is 10.9. The number of benzene rings is 2. The lowest BCUT2D eigenvalue weighted by Crippen LogP contribution is -2.29. The van der Waals surface area contributed by atoms with Crippen molar-refractivity contribution in [3.05, 3.63) is 64.2 Å². The number of aliphatic carboxylic acids is 1. The molecule has 0 saturated heterocycles. The van der Waals surface area contributed by atoms with Crippen LogP contribution in [-0.4, -0.2) is 29.1 Å². The Bertz CT molecular complexity index is 717.